The molecule has 0 amide bonds. The van der Waals surface area contributed by atoms with E-state index >= 15 is 0 Å². The maximum absolute atomic E-state index is 5.77. The van der Waals surface area contributed by atoms with Crippen LogP contribution in [0.25, 0.3) is 0 Å². The Balaban J connectivity index is 2.60. The van der Waals surface area contributed by atoms with E-state index in [0.29, 0.717) is 11.9 Å². The number of hydrogen-bond acceptors (Lipinski definition) is 4. The lowest BCUT2D eigenvalue weighted by molar-refractivity contribution is 0.334. The summed E-state index contributed by atoms with van der Waals surface area (Å²) < 4.78 is 3.95. The molecule has 5 heteroatoms. The zero-order chi connectivity index (χ0) is 10.6. The minimum atomic E-state index is 0.181. The molecule has 1 aromatic heterocycles. The number of rotatable bonds is 4. The standard InChI is InChI=1S/C9H16ClN3S/c1-9(2,3)7(4-5-10)13-8-11-6-12-14-8/h6-7H,4-5H2,1-3H3,(H,11,12,13). The van der Waals surface area contributed by atoms with Crippen molar-refractivity contribution < 1.29 is 0 Å². The largest absolute Gasteiger partial charge is 0.357 e. The molecule has 1 unspecified atom stereocenters. The molecule has 3 nitrogen and oxygen atoms in total. The van der Waals surface area contributed by atoms with Crippen LogP contribution in [0.2, 0.25) is 0 Å². The first-order valence-corrected chi connectivity index (χ1v) is 5.94. The molecule has 0 spiro atoms. The highest BCUT2D eigenvalue weighted by Gasteiger charge is 2.24. The van der Waals surface area contributed by atoms with Gasteiger partial charge in [-0.3, -0.25) is 0 Å². The summed E-state index contributed by atoms with van der Waals surface area (Å²) in [6, 6.07) is 0.341. The van der Waals surface area contributed by atoms with Crippen LogP contribution in [0.1, 0.15) is 27.2 Å². The molecule has 1 atom stereocenters. The van der Waals surface area contributed by atoms with E-state index in [1.54, 1.807) is 6.33 Å². The molecule has 0 aliphatic carbocycles. The third-order valence-electron chi connectivity index (χ3n) is 2.10. The van der Waals surface area contributed by atoms with Crippen molar-refractivity contribution in [2.24, 2.45) is 5.41 Å². The number of nitrogens with zero attached hydrogens (tertiary/aromatic N) is 2. The molecule has 0 aliphatic heterocycles. The minimum Gasteiger partial charge on any atom is -0.357 e. The molecule has 0 aliphatic rings. The Morgan fingerprint density at radius 2 is 2.29 bits per heavy atom. The van der Waals surface area contributed by atoms with Gasteiger partial charge < -0.3 is 5.32 Å². The molecular formula is C9H16ClN3S. The molecule has 0 bridgehead atoms. The van der Waals surface area contributed by atoms with Gasteiger partial charge in [-0.2, -0.15) is 4.37 Å². The van der Waals surface area contributed by atoms with Crippen molar-refractivity contribution in [1.82, 2.24) is 9.36 Å². The zero-order valence-corrected chi connectivity index (χ0v) is 10.3. The van der Waals surface area contributed by atoms with Crippen LogP contribution < -0.4 is 5.32 Å². The molecule has 0 saturated carbocycles. The monoisotopic (exact) mass is 233 g/mol. The fourth-order valence-corrected chi connectivity index (χ4v) is 1.92. The Bertz CT molecular complexity index is 256. The second-order valence-corrected chi connectivity index (χ2v) is 5.45. The number of anilines is 1. The Morgan fingerprint density at radius 1 is 1.57 bits per heavy atom. The predicted molar refractivity (Wildman–Crippen MR) is 62.1 cm³/mol. The van der Waals surface area contributed by atoms with E-state index in [1.165, 1.54) is 11.5 Å². The van der Waals surface area contributed by atoms with Crippen molar-refractivity contribution in [2.45, 2.75) is 33.2 Å². The van der Waals surface area contributed by atoms with Crippen molar-refractivity contribution in [3.05, 3.63) is 6.33 Å². The Labute approximate surface area is 94.1 Å². The molecule has 0 fully saturated rings. The van der Waals surface area contributed by atoms with E-state index in [1.807, 2.05) is 0 Å². The molecule has 0 radical (unpaired) electrons. The summed E-state index contributed by atoms with van der Waals surface area (Å²) in [6.07, 6.45) is 2.50. The maximum atomic E-state index is 5.77. The average Bonchev–Trinajstić information content (AvgIpc) is 2.54. The molecule has 80 valence electrons. The van der Waals surface area contributed by atoms with Crippen LogP contribution in [0.3, 0.4) is 0 Å². The molecule has 14 heavy (non-hydrogen) atoms. The first-order valence-electron chi connectivity index (χ1n) is 4.63. The molecule has 0 aromatic carbocycles. The number of hydrogen-bond donors (Lipinski definition) is 1. The maximum Gasteiger partial charge on any atom is 0.202 e. The van der Waals surface area contributed by atoms with Crippen LogP contribution in [0, 0.1) is 5.41 Å². The van der Waals surface area contributed by atoms with Gasteiger partial charge in [0, 0.05) is 23.5 Å². The lowest BCUT2D eigenvalue weighted by Crippen LogP contribution is -2.34. The molecule has 1 N–H and O–H groups in total. The first kappa shape index (κ1) is 11.7. The molecule has 1 aromatic rings. The summed E-state index contributed by atoms with van der Waals surface area (Å²) in [5, 5.41) is 4.23. The number of nitrogens with one attached hydrogen (secondary N) is 1. The Kier molecular flexibility index (Phi) is 4.13. The van der Waals surface area contributed by atoms with Crippen LogP contribution in [-0.2, 0) is 0 Å². The van der Waals surface area contributed by atoms with Crippen LogP contribution in [-0.4, -0.2) is 21.3 Å². The molecule has 1 rings (SSSR count). The van der Waals surface area contributed by atoms with Crippen LogP contribution in [0.5, 0.6) is 0 Å². The summed E-state index contributed by atoms with van der Waals surface area (Å²) in [7, 11) is 0. The SMILES string of the molecule is CC(C)(C)C(CCCl)Nc1ncns1. The summed E-state index contributed by atoms with van der Waals surface area (Å²) >= 11 is 7.15. The van der Waals surface area contributed by atoms with Gasteiger partial charge >= 0.3 is 0 Å². The number of halogens is 1. The fraction of sp³-hybridized carbons (Fsp3) is 0.778. The summed E-state index contributed by atoms with van der Waals surface area (Å²) in [5.41, 5.74) is 0.181. The highest BCUT2D eigenvalue weighted by atomic mass is 35.5. The Morgan fingerprint density at radius 3 is 2.71 bits per heavy atom. The summed E-state index contributed by atoms with van der Waals surface area (Å²) in [4.78, 5) is 4.11. The second-order valence-electron chi connectivity index (χ2n) is 4.29. The summed E-state index contributed by atoms with van der Waals surface area (Å²) in [5.74, 6) is 0.660. The Hall–Kier alpha value is -0.350. The lowest BCUT2D eigenvalue weighted by atomic mass is 9.85. The van der Waals surface area contributed by atoms with E-state index in [4.69, 9.17) is 11.6 Å². The van der Waals surface area contributed by atoms with E-state index in [-0.39, 0.29) is 5.41 Å². The van der Waals surface area contributed by atoms with Gasteiger partial charge in [0.15, 0.2) is 0 Å². The van der Waals surface area contributed by atoms with Crippen LogP contribution >= 0.6 is 23.1 Å². The van der Waals surface area contributed by atoms with E-state index in [0.717, 1.165) is 11.6 Å². The quantitative estimate of drug-likeness (QED) is 0.813. The van der Waals surface area contributed by atoms with Gasteiger partial charge in [-0.15, -0.1) is 11.6 Å². The molecule has 0 saturated heterocycles. The molecular weight excluding hydrogens is 218 g/mol. The first-order chi connectivity index (χ1) is 6.54. The van der Waals surface area contributed by atoms with Gasteiger partial charge in [0.25, 0.3) is 0 Å². The smallest absolute Gasteiger partial charge is 0.202 e. The summed E-state index contributed by atoms with van der Waals surface area (Å²) in [6.45, 7) is 6.58. The van der Waals surface area contributed by atoms with Crippen molar-refractivity contribution in [3.8, 4) is 0 Å². The van der Waals surface area contributed by atoms with E-state index in [9.17, 15) is 0 Å². The van der Waals surface area contributed by atoms with E-state index in [2.05, 4.69) is 35.4 Å². The van der Waals surface area contributed by atoms with Gasteiger partial charge in [0.1, 0.15) is 6.33 Å². The van der Waals surface area contributed by atoms with Gasteiger partial charge in [0.05, 0.1) is 0 Å². The second kappa shape index (κ2) is 4.94. The van der Waals surface area contributed by atoms with Gasteiger partial charge in [-0.25, -0.2) is 4.98 Å². The van der Waals surface area contributed by atoms with Crippen LogP contribution in [0.15, 0.2) is 6.33 Å². The third kappa shape index (κ3) is 3.42. The van der Waals surface area contributed by atoms with Crippen molar-refractivity contribution in [3.63, 3.8) is 0 Å². The highest BCUT2D eigenvalue weighted by molar-refractivity contribution is 7.09. The van der Waals surface area contributed by atoms with Crippen molar-refractivity contribution in [1.29, 1.82) is 0 Å². The minimum absolute atomic E-state index is 0.181. The van der Waals surface area contributed by atoms with Gasteiger partial charge in [0.2, 0.25) is 5.13 Å². The van der Waals surface area contributed by atoms with Crippen molar-refractivity contribution >= 4 is 28.3 Å². The number of alkyl halides is 1. The lowest BCUT2D eigenvalue weighted by Gasteiger charge is -2.30. The van der Waals surface area contributed by atoms with Crippen molar-refractivity contribution in [2.75, 3.05) is 11.2 Å². The highest BCUT2D eigenvalue weighted by Crippen LogP contribution is 2.26. The normalized spacial score (nSPS) is 14.0. The van der Waals surface area contributed by atoms with E-state index < -0.39 is 0 Å². The van der Waals surface area contributed by atoms with Gasteiger partial charge in [-0.1, -0.05) is 20.8 Å². The van der Waals surface area contributed by atoms with Gasteiger partial charge in [-0.05, 0) is 11.8 Å². The van der Waals surface area contributed by atoms with Crippen LogP contribution in [0.4, 0.5) is 5.13 Å². The predicted octanol–water partition coefficient (Wildman–Crippen LogP) is 2.99. The molecule has 1 heterocycles. The fourth-order valence-electron chi connectivity index (χ4n) is 1.22. The number of aromatic nitrogens is 2. The average molecular weight is 234 g/mol. The topological polar surface area (TPSA) is 37.8 Å². The zero-order valence-electron chi connectivity index (χ0n) is 8.75. The third-order valence-corrected chi connectivity index (χ3v) is 2.92.